The molecule has 1 fully saturated rings. The fourth-order valence-corrected chi connectivity index (χ4v) is 2.16. The summed E-state index contributed by atoms with van der Waals surface area (Å²) in [5.41, 5.74) is 0.243. The molecule has 2 atom stereocenters. The summed E-state index contributed by atoms with van der Waals surface area (Å²) in [6, 6.07) is 4.90. The monoisotopic (exact) mass is 279 g/mol. The van der Waals surface area contributed by atoms with Crippen molar-refractivity contribution in [1.29, 1.82) is 0 Å². The molecule has 20 heavy (non-hydrogen) atoms. The van der Waals surface area contributed by atoms with Crippen molar-refractivity contribution in [2.75, 3.05) is 6.54 Å². The maximum absolute atomic E-state index is 13.4. The van der Waals surface area contributed by atoms with Gasteiger partial charge in [0.25, 0.3) is 0 Å². The van der Waals surface area contributed by atoms with Crippen molar-refractivity contribution in [3.05, 3.63) is 41.7 Å². The number of likely N-dealkylation sites (tertiary alicyclic amines) is 1. The Kier molecular flexibility index (Phi) is 4.14. The highest BCUT2D eigenvalue weighted by Gasteiger charge is 2.37. The molecule has 6 heteroatoms. The number of aliphatic carboxylic acids is 1. The van der Waals surface area contributed by atoms with E-state index in [1.54, 1.807) is 6.07 Å². The standard InChI is InChI=1S/C14H14FNO4/c15-11-4-2-1-3-9(11)5-6-13(18)16-8-10(17)7-12(16)14(19)20/h1-6,10,12,17H,7-8H2,(H,19,20)/b6-5+. The van der Waals surface area contributed by atoms with E-state index in [4.69, 9.17) is 5.11 Å². The zero-order chi connectivity index (χ0) is 14.7. The summed E-state index contributed by atoms with van der Waals surface area (Å²) < 4.78 is 13.4. The summed E-state index contributed by atoms with van der Waals surface area (Å²) in [6.07, 6.45) is 1.57. The molecular formula is C14H14FNO4. The van der Waals surface area contributed by atoms with Gasteiger partial charge in [-0.2, -0.15) is 0 Å². The molecule has 0 radical (unpaired) electrons. The van der Waals surface area contributed by atoms with Crippen LogP contribution in [0.2, 0.25) is 0 Å². The number of nitrogens with zero attached hydrogens (tertiary/aromatic N) is 1. The molecule has 1 amide bonds. The number of rotatable bonds is 3. The number of benzene rings is 1. The van der Waals surface area contributed by atoms with Gasteiger partial charge in [0.2, 0.25) is 5.91 Å². The molecule has 5 nitrogen and oxygen atoms in total. The van der Waals surface area contributed by atoms with Crippen molar-refractivity contribution in [3.63, 3.8) is 0 Å². The highest BCUT2D eigenvalue weighted by atomic mass is 19.1. The Morgan fingerprint density at radius 1 is 1.35 bits per heavy atom. The molecule has 0 saturated carbocycles. The van der Waals surface area contributed by atoms with E-state index >= 15 is 0 Å². The van der Waals surface area contributed by atoms with Gasteiger partial charge in [0.15, 0.2) is 0 Å². The van der Waals surface area contributed by atoms with Crippen molar-refractivity contribution >= 4 is 18.0 Å². The lowest BCUT2D eigenvalue weighted by Gasteiger charge is -2.19. The van der Waals surface area contributed by atoms with Gasteiger partial charge in [-0.05, 0) is 12.1 Å². The molecule has 1 saturated heterocycles. The van der Waals surface area contributed by atoms with Crippen molar-refractivity contribution in [2.45, 2.75) is 18.6 Å². The molecule has 1 aliphatic heterocycles. The number of amides is 1. The quantitative estimate of drug-likeness (QED) is 0.805. The van der Waals surface area contributed by atoms with Gasteiger partial charge in [0.05, 0.1) is 6.10 Å². The van der Waals surface area contributed by atoms with Crippen LogP contribution in [0, 0.1) is 5.82 Å². The molecule has 1 aromatic rings. The van der Waals surface area contributed by atoms with E-state index in [1.165, 1.54) is 24.3 Å². The van der Waals surface area contributed by atoms with Crippen molar-refractivity contribution in [3.8, 4) is 0 Å². The van der Waals surface area contributed by atoms with E-state index in [-0.39, 0.29) is 18.5 Å². The number of aliphatic hydroxyl groups excluding tert-OH is 1. The molecule has 1 aromatic carbocycles. The Balaban J connectivity index is 2.12. The number of halogens is 1. The first-order chi connectivity index (χ1) is 9.49. The van der Waals surface area contributed by atoms with Gasteiger partial charge in [0, 0.05) is 24.6 Å². The lowest BCUT2D eigenvalue weighted by Crippen LogP contribution is -2.39. The average Bonchev–Trinajstić information content (AvgIpc) is 2.80. The first kappa shape index (κ1) is 14.2. The number of carbonyl (C=O) groups is 2. The second-order valence-electron chi connectivity index (χ2n) is 4.59. The Hall–Kier alpha value is -2.21. The van der Waals surface area contributed by atoms with Crippen LogP contribution in [0.1, 0.15) is 12.0 Å². The molecule has 0 spiro atoms. The van der Waals surface area contributed by atoms with Gasteiger partial charge in [-0.3, -0.25) is 4.79 Å². The number of carboxylic acids is 1. The largest absolute Gasteiger partial charge is 0.480 e. The number of carbonyl (C=O) groups excluding carboxylic acids is 1. The fourth-order valence-electron chi connectivity index (χ4n) is 2.16. The number of hydrogen-bond acceptors (Lipinski definition) is 3. The fraction of sp³-hybridized carbons (Fsp3) is 0.286. The highest BCUT2D eigenvalue weighted by molar-refractivity contribution is 5.94. The van der Waals surface area contributed by atoms with E-state index in [0.29, 0.717) is 0 Å². The normalized spacial score (nSPS) is 22.4. The third-order valence-corrected chi connectivity index (χ3v) is 3.16. The molecule has 1 heterocycles. The molecule has 2 rings (SSSR count). The minimum atomic E-state index is -1.16. The Labute approximate surface area is 114 Å². The molecule has 106 valence electrons. The predicted octanol–water partition coefficient (Wildman–Crippen LogP) is 0.885. The number of β-amino-alcohol motifs (C(OH)–C–C–N with tert-alkyl or cyclic N) is 1. The van der Waals surface area contributed by atoms with Crippen LogP contribution in [0.25, 0.3) is 6.08 Å². The predicted molar refractivity (Wildman–Crippen MR) is 69.2 cm³/mol. The zero-order valence-corrected chi connectivity index (χ0v) is 10.6. The molecule has 0 bridgehead atoms. The first-order valence-electron chi connectivity index (χ1n) is 6.13. The van der Waals surface area contributed by atoms with Crippen LogP contribution in [-0.4, -0.2) is 45.7 Å². The summed E-state index contributed by atoms with van der Waals surface area (Å²) >= 11 is 0. The van der Waals surface area contributed by atoms with Gasteiger partial charge in [0.1, 0.15) is 11.9 Å². The maximum Gasteiger partial charge on any atom is 0.326 e. The van der Waals surface area contributed by atoms with Gasteiger partial charge in [-0.25, -0.2) is 9.18 Å². The van der Waals surface area contributed by atoms with E-state index in [9.17, 15) is 19.1 Å². The van der Waals surface area contributed by atoms with E-state index in [1.807, 2.05) is 0 Å². The van der Waals surface area contributed by atoms with Gasteiger partial charge in [-0.1, -0.05) is 18.2 Å². The van der Waals surface area contributed by atoms with Crippen LogP contribution < -0.4 is 0 Å². The second kappa shape index (κ2) is 5.83. The molecule has 2 unspecified atom stereocenters. The minimum absolute atomic E-state index is 0.00854. The van der Waals surface area contributed by atoms with Crippen LogP contribution in [0.5, 0.6) is 0 Å². The molecule has 0 aliphatic carbocycles. The Morgan fingerprint density at radius 2 is 2.05 bits per heavy atom. The van der Waals surface area contributed by atoms with E-state index in [0.717, 1.165) is 11.0 Å². The van der Waals surface area contributed by atoms with Crippen LogP contribution in [0.4, 0.5) is 4.39 Å². The van der Waals surface area contributed by atoms with Gasteiger partial charge < -0.3 is 15.1 Å². The topological polar surface area (TPSA) is 77.8 Å². The molecule has 2 N–H and O–H groups in total. The first-order valence-corrected chi connectivity index (χ1v) is 6.13. The van der Waals surface area contributed by atoms with Crippen molar-refractivity contribution in [2.24, 2.45) is 0 Å². The Morgan fingerprint density at radius 3 is 2.70 bits per heavy atom. The smallest absolute Gasteiger partial charge is 0.326 e. The summed E-state index contributed by atoms with van der Waals surface area (Å²) in [7, 11) is 0. The zero-order valence-electron chi connectivity index (χ0n) is 10.6. The van der Waals surface area contributed by atoms with Gasteiger partial charge in [-0.15, -0.1) is 0 Å². The molecule has 1 aliphatic rings. The van der Waals surface area contributed by atoms with Crippen LogP contribution in [0.15, 0.2) is 30.3 Å². The van der Waals surface area contributed by atoms with E-state index in [2.05, 4.69) is 0 Å². The summed E-state index contributed by atoms with van der Waals surface area (Å²) in [5, 5.41) is 18.4. The molecular weight excluding hydrogens is 265 g/mol. The highest BCUT2D eigenvalue weighted by Crippen LogP contribution is 2.19. The summed E-state index contributed by atoms with van der Waals surface area (Å²) in [4.78, 5) is 24.0. The van der Waals surface area contributed by atoms with E-state index < -0.39 is 29.8 Å². The summed E-state index contributed by atoms with van der Waals surface area (Å²) in [5.74, 6) is -2.18. The Bertz CT molecular complexity index is 558. The second-order valence-corrected chi connectivity index (χ2v) is 4.59. The van der Waals surface area contributed by atoms with Crippen LogP contribution >= 0.6 is 0 Å². The third kappa shape index (κ3) is 3.03. The summed E-state index contributed by atoms with van der Waals surface area (Å²) in [6.45, 7) is -0.0303. The lowest BCUT2D eigenvalue weighted by molar-refractivity contribution is -0.146. The van der Waals surface area contributed by atoms with Gasteiger partial charge >= 0.3 is 5.97 Å². The maximum atomic E-state index is 13.4. The average molecular weight is 279 g/mol. The van der Waals surface area contributed by atoms with Crippen molar-refractivity contribution in [1.82, 2.24) is 4.90 Å². The number of hydrogen-bond donors (Lipinski definition) is 2. The SMILES string of the molecule is O=C(O)C1CC(O)CN1C(=O)/C=C/c1ccccc1F. The molecule has 0 aromatic heterocycles. The van der Waals surface area contributed by atoms with Crippen LogP contribution in [0.3, 0.4) is 0 Å². The van der Waals surface area contributed by atoms with Crippen molar-refractivity contribution < 1.29 is 24.2 Å². The number of aliphatic hydroxyl groups is 1. The lowest BCUT2D eigenvalue weighted by atomic mass is 10.2. The number of carboxylic acid groups (broad SMARTS) is 1. The van der Waals surface area contributed by atoms with Crippen LogP contribution in [-0.2, 0) is 9.59 Å². The third-order valence-electron chi connectivity index (χ3n) is 3.16. The minimum Gasteiger partial charge on any atom is -0.480 e.